The third kappa shape index (κ3) is 5.34. The van der Waals surface area contributed by atoms with E-state index in [1.165, 1.54) is 5.56 Å². The van der Waals surface area contributed by atoms with Crippen molar-refractivity contribution in [3.05, 3.63) is 42.5 Å². The van der Waals surface area contributed by atoms with Crippen LogP contribution in [-0.4, -0.2) is 26.9 Å². The summed E-state index contributed by atoms with van der Waals surface area (Å²) in [6, 6.07) is 8.07. The van der Waals surface area contributed by atoms with Gasteiger partial charge in [-0.3, -0.25) is 0 Å². The van der Waals surface area contributed by atoms with Crippen molar-refractivity contribution in [2.45, 2.75) is 13.5 Å². The molecular formula is C15H23NO2. The summed E-state index contributed by atoms with van der Waals surface area (Å²) in [5.41, 5.74) is 1.17. The zero-order chi connectivity index (χ0) is 13.2. The highest BCUT2D eigenvalue weighted by Gasteiger charge is 2.04. The first-order chi connectivity index (χ1) is 8.77. The first-order valence-corrected chi connectivity index (χ1v) is 6.29. The van der Waals surface area contributed by atoms with Crippen LogP contribution in [0.15, 0.2) is 36.9 Å². The molecule has 0 radical (unpaired) electrons. The van der Waals surface area contributed by atoms with Gasteiger partial charge < -0.3 is 14.8 Å². The molecule has 1 N–H and O–H groups in total. The highest BCUT2D eigenvalue weighted by atomic mass is 16.5. The van der Waals surface area contributed by atoms with Crippen molar-refractivity contribution in [1.29, 1.82) is 0 Å². The lowest BCUT2D eigenvalue weighted by molar-refractivity contribution is 0.158. The van der Waals surface area contributed by atoms with Gasteiger partial charge in [-0.25, -0.2) is 0 Å². The molecule has 100 valence electrons. The lowest BCUT2D eigenvalue weighted by Gasteiger charge is -2.13. The Bertz CT molecular complexity index is 352. The molecule has 0 aliphatic heterocycles. The predicted octanol–water partition coefficient (Wildman–Crippen LogP) is 2.62. The molecule has 0 spiro atoms. The van der Waals surface area contributed by atoms with Gasteiger partial charge in [-0.1, -0.05) is 37.8 Å². The Kier molecular flexibility index (Phi) is 7.14. The van der Waals surface area contributed by atoms with E-state index >= 15 is 0 Å². The van der Waals surface area contributed by atoms with Gasteiger partial charge in [-0.05, 0) is 12.0 Å². The van der Waals surface area contributed by atoms with Crippen LogP contribution in [0.1, 0.15) is 12.5 Å². The quantitative estimate of drug-likeness (QED) is 0.682. The average Bonchev–Trinajstić information content (AvgIpc) is 2.38. The summed E-state index contributed by atoms with van der Waals surface area (Å²) >= 11 is 0. The Balaban J connectivity index is 2.43. The number of para-hydroxylation sites is 1. The zero-order valence-electron chi connectivity index (χ0n) is 11.3. The number of rotatable bonds is 9. The van der Waals surface area contributed by atoms with Crippen molar-refractivity contribution in [1.82, 2.24) is 5.32 Å². The molecule has 0 fully saturated rings. The highest BCUT2D eigenvalue weighted by Crippen LogP contribution is 2.17. The van der Waals surface area contributed by atoms with E-state index in [1.54, 1.807) is 13.2 Å². The molecule has 0 bridgehead atoms. The Morgan fingerprint density at radius 3 is 2.89 bits per heavy atom. The van der Waals surface area contributed by atoms with Gasteiger partial charge in [0.25, 0.3) is 0 Å². The second-order valence-corrected chi connectivity index (χ2v) is 4.40. The van der Waals surface area contributed by atoms with Gasteiger partial charge in [0.15, 0.2) is 0 Å². The molecule has 0 aliphatic carbocycles. The fraction of sp³-hybridized carbons (Fsp3) is 0.467. The largest absolute Gasteiger partial charge is 0.489 e. The molecule has 0 aliphatic rings. The molecule has 1 unspecified atom stereocenters. The van der Waals surface area contributed by atoms with Crippen LogP contribution in [0.4, 0.5) is 0 Å². The van der Waals surface area contributed by atoms with Crippen LogP contribution >= 0.6 is 0 Å². The van der Waals surface area contributed by atoms with Crippen molar-refractivity contribution in [2.24, 2.45) is 5.92 Å². The molecule has 1 rings (SSSR count). The fourth-order valence-corrected chi connectivity index (χ4v) is 1.74. The molecular weight excluding hydrogens is 226 g/mol. The Morgan fingerprint density at radius 1 is 1.39 bits per heavy atom. The third-order valence-electron chi connectivity index (χ3n) is 2.59. The van der Waals surface area contributed by atoms with Crippen LogP contribution in [0.25, 0.3) is 0 Å². The van der Waals surface area contributed by atoms with Gasteiger partial charge >= 0.3 is 0 Å². The van der Waals surface area contributed by atoms with E-state index in [-0.39, 0.29) is 0 Å². The van der Waals surface area contributed by atoms with E-state index < -0.39 is 0 Å². The molecule has 3 heteroatoms. The number of hydrogen-bond donors (Lipinski definition) is 1. The van der Waals surface area contributed by atoms with Crippen LogP contribution in [0.3, 0.4) is 0 Å². The molecule has 3 nitrogen and oxygen atoms in total. The maximum atomic E-state index is 5.61. The highest BCUT2D eigenvalue weighted by molar-refractivity contribution is 5.33. The smallest absolute Gasteiger partial charge is 0.124 e. The van der Waals surface area contributed by atoms with Crippen LogP contribution in [0.2, 0.25) is 0 Å². The number of nitrogens with one attached hydrogen (secondary N) is 1. The topological polar surface area (TPSA) is 30.5 Å². The summed E-state index contributed by atoms with van der Waals surface area (Å²) in [7, 11) is 1.73. The fourth-order valence-electron chi connectivity index (χ4n) is 1.74. The Morgan fingerprint density at radius 2 is 2.17 bits per heavy atom. The standard InChI is InChI=1S/C15H23NO2/c1-4-9-18-15-8-6-5-7-14(15)11-16-10-13(2)12-17-3/h4-8,13,16H,1,9-12H2,2-3H3. The minimum atomic E-state index is 0.510. The van der Waals surface area contributed by atoms with E-state index in [0.29, 0.717) is 12.5 Å². The first kappa shape index (κ1) is 14.7. The predicted molar refractivity (Wildman–Crippen MR) is 74.9 cm³/mol. The number of benzene rings is 1. The van der Waals surface area contributed by atoms with Crippen molar-refractivity contribution >= 4 is 0 Å². The van der Waals surface area contributed by atoms with Gasteiger partial charge in [0.05, 0.1) is 0 Å². The van der Waals surface area contributed by atoms with E-state index in [2.05, 4.69) is 24.9 Å². The molecule has 1 aromatic carbocycles. The number of ether oxygens (including phenoxy) is 2. The van der Waals surface area contributed by atoms with E-state index in [9.17, 15) is 0 Å². The number of methoxy groups -OCH3 is 1. The van der Waals surface area contributed by atoms with Crippen LogP contribution in [0, 0.1) is 5.92 Å². The molecule has 0 heterocycles. The summed E-state index contributed by atoms with van der Waals surface area (Å²) in [5, 5.41) is 3.42. The Labute approximate surface area is 110 Å². The van der Waals surface area contributed by atoms with Gasteiger partial charge in [-0.15, -0.1) is 0 Å². The van der Waals surface area contributed by atoms with Crippen LogP contribution in [0.5, 0.6) is 5.75 Å². The normalized spacial score (nSPS) is 12.1. The van der Waals surface area contributed by atoms with Crippen molar-refractivity contribution in [3.8, 4) is 5.75 Å². The van der Waals surface area contributed by atoms with Crippen LogP contribution in [-0.2, 0) is 11.3 Å². The molecule has 1 aromatic rings. The summed E-state index contributed by atoms with van der Waals surface area (Å²) in [4.78, 5) is 0. The van der Waals surface area contributed by atoms with Crippen molar-refractivity contribution in [3.63, 3.8) is 0 Å². The zero-order valence-corrected chi connectivity index (χ0v) is 11.3. The molecule has 0 amide bonds. The maximum absolute atomic E-state index is 5.61. The molecule has 0 aromatic heterocycles. The summed E-state index contributed by atoms with van der Waals surface area (Å²) < 4.78 is 10.7. The van der Waals surface area contributed by atoms with Gasteiger partial charge in [0.2, 0.25) is 0 Å². The molecule has 0 saturated heterocycles. The van der Waals surface area contributed by atoms with Crippen molar-refractivity contribution in [2.75, 3.05) is 26.9 Å². The van der Waals surface area contributed by atoms with Crippen molar-refractivity contribution < 1.29 is 9.47 Å². The average molecular weight is 249 g/mol. The van der Waals surface area contributed by atoms with Gasteiger partial charge in [0.1, 0.15) is 12.4 Å². The summed E-state index contributed by atoms with van der Waals surface area (Å²) in [5.74, 6) is 1.43. The first-order valence-electron chi connectivity index (χ1n) is 6.29. The molecule has 0 saturated carbocycles. The SMILES string of the molecule is C=CCOc1ccccc1CNCC(C)COC. The number of hydrogen-bond acceptors (Lipinski definition) is 3. The third-order valence-corrected chi connectivity index (χ3v) is 2.59. The van der Waals surface area contributed by atoms with Gasteiger partial charge in [0, 0.05) is 32.4 Å². The van der Waals surface area contributed by atoms with E-state index in [0.717, 1.165) is 25.4 Å². The second kappa shape index (κ2) is 8.72. The van der Waals surface area contributed by atoms with Crippen LogP contribution < -0.4 is 10.1 Å². The van der Waals surface area contributed by atoms with E-state index in [1.807, 2.05) is 18.2 Å². The minimum absolute atomic E-state index is 0.510. The van der Waals surface area contributed by atoms with E-state index in [4.69, 9.17) is 9.47 Å². The molecule has 18 heavy (non-hydrogen) atoms. The maximum Gasteiger partial charge on any atom is 0.124 e. The lowest BCUT2D eigenvalue weighted by atomic mass is 10.1. The second-order valence-electron chi connectivity index (χ2n) is 4.40. The molecule has 1 atom stereocenters. The Hall–Kier alpha value is -1.32. The monoisotopic (exact) mass is 249 g/mol. The minimum Gasteiger partial charge on any atom is -0.489 e. The van der Waals surface area contributed by atoms with Gasteiger partial charge in [-0.2, -0.15) is 0 Å². The lowest BCUT2D eigenvalue weighted by Crippen LogP contribution is -2.23. The summed E-state index contributed by atoms with van der Waals surface area (Å²) in [6.07, 6.45) is 1.75. The summed E-state index contributed by atoms with van der Waals surface area (Å²) in [6.45, 7) is 8.88.